The molecular formula is C15H19N3O3. The van der Waals surface area contributed by atoms with E-state index in [1.165, 1.54) is 0 Å². The summed E-state index contributed by atoms with van der Waals surface area (Å²) in [6.07, 6.45) is 0. The number of para-hydroxylation sites is 1. The Kier molecular flexibility index (Phi) is 4.26. The molecule has 0 bridgehead atoms. The molecule has 112 valence electrons. The number of hydrogen-bond donors (Lipinski definition) is 0. The molecule has 0 aliphatic rings. The zero-order valence-electron chi connectivity index (χ0n) is 12.7. The summed E-state index contributed by atoms with van der Waals surface area (Å²) in [4.78, 5) is 10.6. The monoisotopic (exact) mass is 289 g/mol. The molecule has 0 fully saturated rings. The summed E-state index contributed by atoms with van der Waals surface area (Å²) in [5.74, 6) is 0.869. The molecule has 0 N–H and O–H groups in total. The van der Waals surface area contributed by atoms with Crippen LogP contribution in [0.2, 0.25) is 0 Å². The first-order chi connectivity index (χ1) is 9.91. The van der Waals surface area contributed by atoms with Crippen molar-refractivity contribution >= 4 is 5.69 Å². The average molecular weight is 289 g/mol. The number of benzene rings is 1. The molecule has 1 heterocycles. The number of ether oxygens (including phenoxy) is 1. The number of rotatable bonds is 5. The molecule has 0 saturated heterocycles. The Morgan fingerprint density at radius 2 is 1.86 bits per heavy atom. The predicted octanol–water partition coefficient (Wildman–Crippen LogP) is 3.10. The zero-order chi connectivity index (χ0) is 15.6. The maximum atomic E-state index is 11.0. The van der Waals surface area contributed by atoms with E-state index in [1.54, 1.807) is 18.5 Å². The van der Waals surface area contributed by atoms with E-state index < -0.39 is 0 Å². The predicted molar refractivity (Wildman–Crippen MR) is 79.8 cm³/mol. The van der Waals surface area contributed by atoms with Gasteiger partial charge < -0.3 is 4.74 Å². The summed E-state index contributed by atoms with van der Waals surface area (Å²) in [5.41, 5.74) is 3.23. The van der Waals surface area contributed by atoms with Crippen molar-refractivity contribution in [3.63, 3.8) is 0 Å². The van der Waals surface area contributed by atoms with Crippen LogP contribution in [0.25, 0.3) is 0 Å². The normalized spacial score (nSPS) is 10.7. The highest BCUT2D eigenvalue weighted by Gasteiger charge is 2.21. The smallest absolute Gasteiger partial charge is 0.312 e. The summed E-state index contributed by atoms with van der Waals surface area (Å²) in [6, 6.07) is 5.98. The summed E-state index contributed by atoms with van der Waals surface area (Å²) in [7, 11) is 0. The maximum Gasteiger partial charge on any atom is 0.312 e. The second kappa shape index (κ2) is 5.95. The number of hydrogen-bond acceptors (Lipinski definition) is 4. The standard InChI is InChI=1S/C15H19N3O3/c1-10-6-5-7-11(2)15(10)21-9-8-17-13(4)14(18(19)20)12(3)16-17/h5-7H,8-9H2,1-4H3. The second-order valence-electron chi connectivity index (χ2n) is 5.07. The van der Waals surface area contributed by atoms with Crippen molar-refractivity contribution in [2.24, 2.45) is 0 Å². The Morgan fingerprint density at radius 1 is 1.24 bits per heavy atom. The van der Waals surface area contributed by atoms with E-state index >= 15 is 0 Å². The first-order valence-corrected chi connectivity index (χ1v) is 6.79. The highest BCUT2D eigenvalue weighted by atomic mass is 16.6. The van der Waals surface area contributed by atoms with Crippen LogP contribution in [-0.2, 0) is 6.54 Å². The first-order valence-electron chi connectivity index (χ1n) is 6.79. The molecule has 0 amide bonds. The molecule has 0 aliphatic carbocycles. The number of nitrogens with zero attached hydrogens (tertiary/aromatic N) is 3. The van der Waals surface area contributed by atoms with Crippen molar-refractivity contribution in [1.29, 1.82) is 0 Å². The summed E-state index contributed by atoms with van der Waals surface area (Å²) >= 11 is 0. The molecule has 2 aromatic rings. The third-order valence-electron chi connectivity index (χ3n) is 3.48. The highest BCUT2D eigenvalue weighted by Crippen LogP contribution is 2.23. The largest absolute Gasteiger partial charge is 0.491 e. The summed E-state index contributed by atoms with van der Waals surface area (Å²) in [5, 5.41) is 15.2. The third kappa shape index (κ3) is 3.04. The number of aryl methyl sites for hydroxylation is 3. The van der Waals surface area contributed by atoms with Crippen molar-refractivity contribution in [3.8, 4) is 5.75 Å². The summed E-state index contributed by atoms with van der Waals surface area (Å²) in [6.45, 7) is 8.25. The lowest BCUT2D eigenvalue weighted by Gasteiger charge is -2.12. The van der Waals surface area contributed by atoms with Gasteiger partial charge in [-0.15, -0.1) is 0 Å². The Labute approximate surface area is 123 Å². The van der Waals surface area contributed by atoms with E-state index in [-0.39, 0.29) is 10.6 Å². The summed E-state index contributed by atoms with van der Waals surface area (Å²) < 4.78 is 7.43. The van der Waals surface area contributed by atoms with Gasteiger partial charge in [-0.2, -0.15) is 5.10 Å². The van der Waals surface area contributed by atoms with Crippen LogP contribution in [0.1, 0.15) is 22.5 Å². The Hall–Kier alpha value is -2.37. The molecule has 2 rings (SSSR count). The van der Waals surface area contributed by atoms with Crippen LogP contribution in [0.3, 0.4) is 0 Å². The van der Waals surface area contributed by atoms with Gasteiger partial charge in [-0.05, 0) is 38.8 Å². The van der Waals surface area contributed by atoms with E-state index in [0.717, 1.165) is 16.9 Å². The Morgan fingerprint density at radius 3 is 2.38 bits per heavy atom. The molecule has 0 spiro atoms. The molecule has 1 aromatic heterocycles. The van der Waals surface area contributed by atoms with E-state index in [9.17, 15) is 10.1 Å². The topological polar surface area (TPSA) is 70.2 Å². The molecule has 21 heavy (non-hydrogen) atoms. The van der Waals surface area contributed by atoms with Gasteiger partial charge in [0.05, 0.1) is 11.5 Å². The lowest BCUT2D eigenvalue weighted by Crippen LogP contribution is -2.12. The fourth-order valence-electron chi connectivity index (χ4n) is 2.43. The molecular weight excluding hydrogens is 270 g/mol. The second-order valence-corrected chi connectivity index (χ2v) is 5.07. The Balaban J connectivity index is 2.08. The maximum absolute atomic E-state index is 11.0. The molecule has 1 aromatic carbocycles. The van der Waals surface area contributed by atoms with Gasteiger partial charge in [-0.1, -0.05) is 18.2 Å². The van der Waals surface area contributed by atoms with Gasteiger partial charge in [-0.3, -0.25) is 14.8 Å². The minimum absolute atomic E-state index is 0.0853. The van der Waals surface area contributed by atoms with Gasteiger partial charge in [0, 0.05) is 0 Å². The Bertz CT molecular complexity index is 657. The van der Waals surface area contributed by atoms with Crippen molar-refractivity contribution in [1.82, 2.24) is 9.78 Å². The van der Waals surface area contributed by atoms with Gasteiger partial charge >= 0.3 is 5.69 Å². The first kappa shape index (κ1) is 15.0. The van der Waals surface area contributed by atoms with Gasteiger partial charge in [0.2, 0.25) is 0 Å². The van der Waals surface area contributed by atoms with Crippen molar-refractivity contribution in [2.45, 2.75) is 34.2 Å². The zero-order valence-corrected chi connectivity index (χ0v) is 12.7. The highest BCUT2D eigenvalue weighted by molar-refractivity contribution is 5.40. The van der Waals surface area contributed by atoms with Crippen LogP contribution < -0.4 is 4.74 Å². The van der Waals surface area contributed by atoms with Crippen LogP contribution in [0.15, 0.2) is 18.2 Å². The lowest BCUT2D eigenvalue weighted by molar-refractivity contribution is -0.386. The van der Waals surface area contributed by atoms with Crippen LogP contribution >= 0.6 is 0 Å². The minimum Gasteiger partial charge on any atom is -0.491 e. The number of aromatic nitrogens is 2. The molecule has 0 saturated carbocycles. The van der Waals surface area contributed by atoms with Crippen LogP contribution in [0.4, 0.5) is 5.69 Å². The third-order valence-corrected chi connectivity index (χ3v) is 3.48. The van der Waals surface area contributed by atoms with Crippen molar-refractivity contribution in [2.75, 3.05) is 6.61 Å². The number of nitro groups is 1. The van der Waals surface area contributed by atoms with E-state index in [4.69, 9.17) is 4.74 Å². The van der Waals surface area contributed by atoms with Gasteiger partial charge in [-0.25, -0.2) is 0 Å². The lowest BCUT2D eigenvalue weighted by atomic mass is 10.1. The fourth-order valence-corrected chi connectivity index (χ4v) is 2.43. The van der Waals surface area contributed by atoms with E-state index in [1.807, 2.05) is 32.0 Å². The molecule has 6 nitrogen and oxygen atoms in total. The average Bonchev–Trinajstić information content (AvgIpc) is 2.68. The molecule has 0 radical (unpaired) electrons. The van der Waals surface area contributed by atoms with Crippen molar-refractivity contribution < 1.29 is 9.66 Å². The fraction of sp³-hybridized carbons (Fsp3) is 0.400. The molecule has 6 heteroatoms. The van der Waals surface area contributed by atoms with Crippen LogP contribution in [0.5, 0.6) is 5.75 Å². The molecule has 0 unspecified atom stereocenters. The van der Waals surface area contributed by atoms with E-state index in [2.05, 4.69) is 5.10 Å². The van der Waals surface area contributed by atoms with E-state index in [0.29, 0.717) is 24.5 Å². The van der Waals surface area contributed by atoms with Crippen molar-refractivity contribution in [3.05, 3.63) is 50.8 Å². The van der Waals surface area contributed by atoms with Gasteiger partial charge in [0.25, 0.3) is 0 Å². The molecule has 0 atom stereocenters. The quantitative estimate of drug-likeness (QED) is 0.626. The SMILES string of the molecule is Cc1cccc(C)c1OCCn1nc(C)c([N+](=O)[O-])c1C. The van der Waals surface area contributed by atoms with Gasteiger partial charge in [0.1, 0.15) is 23.7 Å². The van der Waals surface area contributed by atoms with Gasteiger partial charge in [0.15, 0.2) is 0 Å². The van der Waals surface area contributed by atoms with Crippen LogP contribution in [-0.4, -0.2) is 21.3 Å². The minimum atomic E-state index is -0.388. The molecule has 0 aliphatic heterocycles. The van der Waals surface area contributed by atoms with Crippen LogP contribution in [0, 0.1) is 37.8 Å².